The molecule has 1 amide bonds. The van der Waals surface area contributed by atoms with E-state index in [4.69, 9.17) is 9.72 Å². The molecule has 0 radical (unpaired) electrons. The molecular weight excluding hydrogens is 426 g/mol. The van der Waals surface area contributed by atoms with E-state index in [1.807, 2.05) is 71.1 Å². The van der Waals surface area contributed by atoms with E-state index < -0.39 is 0 Å². The lowest BCUT2D eigenvalue weighted by molar-refractivity contribution is 0.0705. The Hall–Kier alpha value is -4.00. The molecule has 2 aromatic carbocycles. The van der Waals surface area contributed by atoms with Gasteiger partial charge in [-0.3, -0.25) is 9.78 Å². The van der Waals surface area contributed by atoms with Crippen LogP contribution in [0.3, 0.4) is 0 Å². The number of para-hydroxylation sites is 1. The lowest BCUT2D eigenvalue weighted by Gasteiger charge is -2.32. The number of rotatable bonds is 6. The SMILES string of the molecule is Cc1ccccc1Oc1cncc(C2CCCN(C(=O)c3cccc(Cn4ccnc4)c3)C2)n1. The first kappa shape index (κ1) is 21.8. The maximum atomic E-state index is 13.3. The number of imidazole rings is 1. The van der Waals surface area contributed by atoms with Crippen LogP contribution in [0.2, 0.25) is 0 Å². The van der Waals surface area contributed by atoms with E-state index in [1.165, 1.54) is 0 Å². The molecule has 1 fully saturated rings. The molecule has 34 heavy (non-hydrogen) atoms. The van der Waals surface area contributed by atoms with Crippen molar-refractivity contribution in [1.82, 2.24) is 24.4 Å². The molecule has 0 spiro atoms. The number of nitrogens with zero attached hydrogens (tertiary/aromatic N) is 5. The Morgan fingerprint density at radius 3 is 2.88 bits per heavy atom. The number of carbonyl (C=O) groups is 1. The van der Waals surface area contributed by atoms with Crippen LogP contribution in [-0.2, 0) is 6.54 Å². The van der Waals surface area contributed by atoms with Crippen LogP contribution < -0.4 is 4.74 Å². The Kier molecular flexibility index (Phi) is 6.33. The van der Waals surface area contributed by atoms with Gasteiger partial charge in [-0.1, -0.05) is 30.3 Å². The highest BCUT2D eigenvalue weighted by molar-refractivity contribution is 5.94. The maximum Gasteiger partial charge on any atom is 0.253 e. The molecule has 7 heteroatoms. The van der Waals surface area contributed by atoms with Gasteiger partial charge in [-0.05, 0) is 49.1 Å². The number of hydrogen-bond donors (Lipinski definition) is 0. The van der Waals surface area contributed by atoms with Gasteiger partial charge >= 0.3 is 0 Å². The monoisotopic (exact) mass is 453 g/mol. The minimum atomic E-state index is 0.0532. The highest BCUT2D eigenvalue weighted by Crippen LogP contribution is 2.29. The fourth-order valence-electron chi connectivity index (χ4n) is 4.37. The zero-order valence-electron chi connectivity index (χ0n) is 19.2. The molecule has 0 aliphatic carbocycles. The summed E-state index contributed by atoms with van der Waals surface area (Å²) in [5.74, 6) is 1.42. The van der Waals surface area contributed by atoms with Crippen LogP contribution in [0, 0.1) is 6.92 Å². The number of benzene rings is 2. The van der Waals surface area contributed by atoms with Crippen LogP contribution in [-0.4, -0.2) is 43.4 Å². The molecule has 1 saturated heterocycles. The summed E-state index contributed by atoms with van der Waals surface area (Å²) in [6.45, 7) is 4.05. The lowest BCUT2D eigenvalue weighted by atomic mass is 9.94. The molecule has 172 valence electrons. The molecule has 1 aliphatic heterocycles. The number of piperidine rings is 1. The summed E-state index contributed by atoms with van der Waals surface area (Å²) in [6, 6.07) is 15.7. The van der Waals surface area contributed by atoms with Gasteiger partial charge in [-0.2, -0.15) is 0 Å². The normalized spacial score (nSPS) is 15.8. The van der Waals surface area contributed by atoms with E-state index in [-0.39, 0.29) is 11.8 Å². The smallest absolute Gasteiger partial charge is 0.253 e. The van der Waals surface area contributed by atoms with Crippen LogP contribution in [0.25, 0.3) is 0 Å². The average Bonchev–Trinajstić information content (AvgIpc) is 3.38. The summed E-state index contributed by atoms with van der Waals surface area (Å²) in [5.41, 5.74) is 3.68. The van der Waals surface area contributed by atoms with Crippen molar-refractivity contribution < 1.29 is 9.53 Å². The Morgan fingerprint density at radius 2 is 2.03 bits per heavy atom. The summed E-state index contributed by atoms with van der Waals surface area (Å²) < 4.78 is 7.97. The molecule has 1 atom stereocenters. The minimum Gasteiger partial charge on any atom is -0.437 e. The van der Waals surface area contributed by atoms with Gasteiger partial charge in [0.05, 0.1) is 18.2 Å². The maximum absolute atomic E-state index is 13.3. The number of carbonyl (C=O) groups excluding carboxylic acids is 1. The van der Waals surface area contributed by atoms with Gasteiger partial charge in [-0.15, -0.1) is 0 Å². The van der Waals surface area contributed by atoms with Gasteiger partial charge in [0.2, 0.25) is 5.88 Å². The van der Waals surface area contributed by atoms with Gasteiger partial charge in [0.1, 0.15) is 5.75 Å². The van der Waals surface area contributed by atoms with Crippen LogP contribution >= 0.6 is 0 Å². The predicted octanol–water partition coefficient (Wildman–Crippen LogP) is 4.84. The zero-order chi connectivity index (χ0) is 23.3. The highest BCUT2D eigenvalue weighted by Gasteiger charge is 2.27. The number of hydrogen-bond acceptors (Lipinski definition) is 5. The quantitative estimate of drug-likeness (QED) is 0.418. The largest absolute Gasteiger partial charge is 0.437 e. The second kappa shape index (κ2) is 9.87. The van der Waals surface area contributed by atoms with Crippen LogP contribution in [0.5, 0.6) is 11.6 Å². The molecule has 3 heterocycles. The van der Waals surface area contributed by atoms with Crippen molar-refractivity contribution in [3.63, 3.8) is 0 Å². The average molecular weight is 454 g/mol. The number of aromatic nitrogens is 4. The van der Waals surface area contributed by atoms with Crippen LogP contribution in [0.4, 0.5) is 0 Å². The molecule has 7 nitrogen and oxygen atoms in total. The van der Waals surface area contributed by atoms with Crippen molar-refractivity contribution in [2.45, 2.75) is 32.2 Å². The van der Waals surface area contributed by atoms with Gasteiger partial charge in [0, 0.05) is 49.7 Å². The van der Waals surface area contributed by atoms with Crippen LogP contribution in [0.15, 0.2) is 79.6 Å². The third-order valence-corrected chi connectivity index (χ3v) is 6.16. The summed E-state index contributed by atoms with van der Waals surface area (Å²) in [7, 11) is 0. The summed E-state index contributed by atoms with van der Waals surface area (Å²) in [4.78, 5) is 28.4. The third kappa shape index (κ3) is 4.98. The second-order valence-corrected chi connectivity index (χ2v) is 8.68. The fraction of sp³-hybridized carbons (Fsp3) is 0.259. The van der Waals surface area contributed by atoms with Crippen LogP contribution in [0.1, 0.15) is 45.9 Å². The van der Waals surface area contributed by atoms with Crippen molar-refractivity contribution in [2.75, 3.05) is 13.1 Å². The summed E-state index contributed by atoms with van der Waals surface area (Å²) in [6.07, 6.45) is 10.8. The first-order chi connectivity index (χ1) is 16.7. The van der Waals surface area contributed by atoms with E-state index in [1.54, 1.807) is 24.9 Å². The molecular formula is C27H27N5O2. The van der Waals surface area contributed by atoms with Crippen molar-refractivity contribution in [2.24, 2.45) is 0 Å². The molecule has 5 rings (SSSR count). The standard InChI is InChI=1S/C27H27N5O2/c1-20-6-2-3-10-25(20)34-26-16-29-15-24(30-26)23-9-5-12-32(18-23)27(33)22-8-4-7-21(14-22)17-31-13-11-28-19-31/h2-4,6-8,10-11,13-16,19,23H,5,9,12,17-18H2,1H3. The van der Waals surface area contributed by atoms with Gasteiger partial charge in [0.15, 0.2) is 0 Å². The minimum absolute atomic E-state index is 0.0532. The number of likely N-dealkylation sites (tertiary alicyclic amines) is 1. The summed E-state index contributed by atoms with van der Waals surface area (Å²) >= 11 is 0. The molecule has 0 N–H and O–H groups in total. The molecule has 1 unspecified atom stereocenters. The molecule has 1 aliphatic rings. The second-order valence-electron chi connectivity index (χ2n) is 8.68. The predicted molar refractivity (Wildman–Crippen MR) is 129 cm³/mol. The molecule has 0 saturated carbocycles. The highest BCUT2D eigenvalue weighted by atomic mass is 16.5. The molecule has 2 aromatic heterocycles. The Morgan fingerprint density at radius 1 is 1.12 bits per heavy atom. The first-order valence-corrected chi connectivity index (χ1v) is 11.5. The zero-order valence-corrected chi connectivity index (χ0v) is 19.2. The van der Waals surface area contributed by atoms with Gasteiger partial charge < -0.3 is 14.2 Å². The number of aryl methyl sites for hydroxylation is 1. The lowest BCUT2D eigenvalue weighted by Crippen LogP contribution is -2.39. The number of ether oxygens (including phenoxy) is 1. The van der Waals surface area contributed by atoms with Crippen molar-refractivity contribution >= 4 is 5.91 Å². The van der Waals surface area contributed by atoms with Gasteiger partial charge in [-0.25, -0.2) is 9.97 Å². The topological polar surface area (TPSA) is 73.1 Å². The Bertz CT molecular complexity index is 1270. The van der Waals surface area contributed by atoms with E-state index in [0.29, 0.717) is 24.5 Å². The molecule has 0 bridgehead atoms. The van der Waals surface area contributed by atoms with E-state index in [0.717, 1.165) is 42.0 Å². The molecule has 4 aromatic rings. The Labute approximate surface area is 199 Å². The van der Waals surface area contributed by atoms with Crippen molar-refractivity contribution in [1.29, 1.82) is 0 Å². The van der Waals surface area contributed by atoms with Gasteiger partial charge in [0.25, 0.3) is 5.91 Å². The van der Waals surface area contributed by atoms with E-state index >= 15 is 0 Å². The van der Waals surface area contributed by atoms with E-state index in [9.17, 15) is 4.79 Å². The Balaban J connectivity index is 1.29. The summed E-state index contributed by atoms with van der Waals surface area (Å²) in [5, 5.41) is 0. The fourth-order valence-corrected chi connectivity index (χ4v) is 4.37. The van der Waals surface area contributed by atoms with Crippen molar-refractivity contribution in [3.8, 4) is 11.6 Å². The van der Waals surface area contributed by atoms with Crippen molar-refractivity contribution in [3.05, 3.63) is 102 Å². The van der Waals surface area contributed by atoms with E-state index in [2.05, 4.69) is 9.97 Å². The number of amides is 1. The first-order valence-electron chi connectivity index (χ1n) is 11.5. The third-order valence-electron chi connectivity index (χ3n) is 6.16.